The molecular formula is C7H10FN3. The van der Waals surface area contributed by atoms with Gasteiger partial charge < -0.3 is 5.73 Å². The third-order valence-electron chi connectivity index (χ3n) is 1.34. The molecule has 0 unspecified atom stereocenters. The van der Waals surface area contributed by atoms with Gasteiger partial charge in [-0.25, -0.2) is 14.4 Å². The number of rotatable bonds is 2. The fourth-order valence-corrected chi connectivity index (χ4v) is 0.750. The van der Waals surface area contributed by atoms with Crippen LogP contribution in [0.2, 0.25) is 0 Å². The second-order valence-electron chi connectivity index (χ2n) is 2.26. The van der Waals surface area contributed by atoms with Crippen LogP contribution in [0.3, 0.4) is 0 Å². The molecule has 1 aromatic rings. The Morgan fingerprint density at radius 3 is 2.91 bits per heavy atom. The van der Waals surface area contributed by atoms with Gasteiger partial charge in [0.2, 0.25) is 0 Å². The molecule has 0 aliphatic rings. The van der Waals surface area contributed by atoms with Crippen LogP contribution in [0.5, 0.6) is 0 Å². The highest BCUT2D eigenvalue weighted by Gasteiger charge is 2.00. The molecule has 1 rings (SSSR count). The summed E-state index contributed by atoms with van der Waals surface area (Å²) in [4.78, 5) is 7.66. The van der Waals surface area contributed by atoms with Gasteiger partial charge in [0.25, 0.3) is 0 Å². The van der Waals surface area contributed by atoms with Crippen molar-refractivity contribution >= 4 is 0 Å². The van der Waals surface area contributed by atoms with Crippen molar-refractivity contribution in [2.45, 2.75) is 13.3 Å². The van der Waals surface area contributed by atoms with Crippen LogP contribution in [0.1, 0.15) is 11.5 Å². The van der Waals surface area contributed by atoms with E-state index in [-0.39, 0.29) is 5.82 Å². The van der Waals surface area contributed by atoms with Gasteiger partial charge >= 0.3 is 0 Å². The van der Waals surface area contributed by atoms with Crippen LogP contribution in [0.25, 0.3) is 0 Å². The summed E-state index contributed by atoms with van der Waals surface area (Å²) in [5, 5.41) is 0. The normalized spacial score (nSPS) is 10.1. The topological polar surface area (TPSA) is 51.8 Å². The second-order valence-corrected chi connectivity index (χ2v) is 2.26. The first-order chi connectivity index (χ1) is 5.24. The van der Waals surface area contributed by atoms with Gasteiger partial charge in [0.1, 0.15) is 5.82 Å². The molecule has 0 bridgehead atoms. The van der Waals surface area contributed by atoms with E-state index in [1.807, 2.05) is 0 Å². The smallest absolute Gasteiger partial charge is 0.162 e. The van der Waals surface area contributed by atoms with Crippen molar-refractivity contribution in [1.29, 1.82) is 0 Å². The maximum Gasteiger partial charge on any atom is 0.162 e. The van der Waals surface area contributed by atoms with E-state index in [4.69, 9.17) is 5.73 Å². The maximum absolute atomic E-state index is 12.6. The van der Waals surface area contributed by atoms with Gasteiger partial charge in [-0.05, 0) is 13.5 Å². The van der Waals surface area contributed by atoms with E-state index in [0.29, 0.717) is 24.5 Å². The number of aryl methyl sites for hydroxylation is 1. The number of halogens is 1. The molecule has 1 heterocycles. The molecule has 0 atom stereocenters. The molecule has 0 aliphatic carbocycles. The molecule has 0 spiro atoms. The standard InChI is InChI=1S/C7H10FN3/c1-5-6(8)4-10-7(11-5)2-3-9/h4H,2-3,9H2,1H3. The Labute approximate surface area is 64.5 Å². The largest absolute Gasteiger partial charge is 0.330 e. The van der Waals surface area contributed by atoms with E-state index in [2.05, 4.69) is 9.97 Å². The highest BCUT2D eigenvalue weighted by atomic mass is 19.1. The number of nitrogens with two attached hydrogens (primary N) is 1. The van der Waals surface area contributed by atoms with E-state index < -0.39 is 0 Å². The Bertz CT molecular complexity index is 249. The minimum absolute atomic E-state index is 0.370. The SMILES string of the molecule is Cc1nc(CCN)ncc1F. The van der Waals surface area contributed by atoms with Gasteiger partial charge in [-0.3, -0.25) is 0 Å². The van der Waals surface area contributed by atoms with Crippen LogP contribution in [0, 0.1) is 12.7 Å². The van der Waals surface area contributed by atoms with E-state index in [1.165, 1.54) is 6.20 Å². The van der Waals surface area contributed by atoms with E-state index in [0.717, 1.165) is 0 Å². The molecule has 11 heavy (non-hydrogen) atoms. The molecule has 0 radical (unpaired) electrons. The van der Waals surface area contributed by atoms with Crippen molar-refractivity contribution < 1.29 is 4.39 Å². The molecule has 0 aromatic carbocycles. The van der Waals surface area contributed by atoms with Crippen molar-refractivity contribution in [3.05, 3.63) is 23.5 Å². The summed E-state index contributed by atoms with van der Waals surface area (Å²) in [6, 6.07) is 0. The predicted molar refractivity (Wildman–Crippen MR) is 39.5 cm³/mol. The molecule has 0 saturated heterocycles. The quantitative estimate of drug-likeness (QED) is 0.673. The van der Waals surface area contributed by atoms with Gasteiger partial charge in [-0.2, -0.15) is 0 Å². The maximum atomic E-state index is 12.6. The first-order valence-electron chi connectivity index (χ1n) is 3.42. The van der Waals surface area contributed by atoms with Crippen molar-refractivity contribution in [3.63, 3.8) is 0 Å². The van der Waals surface area contributed by atoms with Crippen LogP contribution in [0.15, 0.2) is 6.20 Å². The Morgan fingerprint density at radius 1 is 1.64 bits per heavy atom. The Balaban J connectivity index is 2.86. The summed E-state index contributed by atoms with van der Waals surface area (Å²) in [6.07, 6.45) is 1.77. The number of nitrogens with zero attached hydrogens (tertiary/aromatic N) is 2. The molecule has 4 heteroatoms. The van der Waals surface area contributed by atoms with Crippen LogP contribution >= 0.6 is 0 Å². The predicted octanol–water partition coefficient (Wildman–Crippen LogP) is 0.425. The van der Waals surface area contributed by atoms with Crippen LogP contribution in [-0.4, -0.2) is 16.5 Å². The average molecular weight is 155 g/mol. The summed E-state index contributed by atoms with van der Waals surface area (Å²) in [6.45, 7) is 2.10. The molecule has 0 fully saturated rings. The van der Waals surface area contributed by atoms with Crippen molar-refractivity contribution in [1.82, 2.24) is 9.97 Å². The van der Waals surface area contributed by atoms with Gasteiger partial charge in [0.05, 0.1) is 11.9 Å². The van der Waals surface area contributed by atoms with Gasteiger partial charge in [0, 0.05) is 6.42 Å². The molecule has 0 amide bonds. The van der Waals surface area contributed by atoms with Crippen LogP contribution in [0.4, 0.5) is 4.39 Å². The monoisotopic (exact) mass is 155 g/mol. The summed E-state index contributed by atoms with van der Waals surface area (Å²) >= 11 is 0. The second kappa shape index (κ2) is 3.39. The third-order valence-corrected chi connectivity index (χ3v) is 1.34. The van der Waals surface area contributed by atoms with E-state index >= 15 is 0 Å². The minimum Gasteiger partial charge on any atom is -0.330 e. The average Bonchev–Trinajstić information content (AvgIpc) is 1.98. The first kappa shape index (κ1) is 8.07. The molecule has 60 valence electrons. The zero-order valence-electron chi connectivity index (χ0n) is 6.34. The third kappa shape index (κ3) is 1.94. The Morgan fingerprint density at radius 2 is 2.36 bits per heavy atom. The molecule has 0 saturated carbocycles. The summed E-state index contributed by atoms with van der Waals surface area (Å²) in [5.74, 6) is 0.233. The van der Waals surface area contributed by atoms with Crippen LogP contribution < -0.4 is 5.73 Å². The van der Waals surface area contributed by atoms with Gasteiger partial charge in [0.15, 0.2) is 5.82 Å². The Kier molecular flexibility index (Phi) is 2.48. The highest BCUT2D eigenvalue weighted by molar-refractivity contribution is 5.02. The summed E-state index contributed by atoms with van der Waals surface area (Å²) < 4.78 is 12.6. The number of aromatic nitrogens is 2. The lowest BCUT2D eigenvalue weighted by atomic mass is 10.3. The van der Waals surface area contributed by atoms with Gasteiger partial charge in [-0.1, -0.05) is 0 Å². The zero-order chi connectivity index (χ0) is 8.27. The lowest BCUT2D eigenvalue weighted by Crippen LogP contribution is -2.07. The lowest BCUT2D eigenvalue weighted by molar-refractivity contribution is 0.595. The molecule has 0 aliphatic heterocycles. The van der Waals surface area contributed by atoms with Crippen molar-refractivity contribution in [2.75, 3.05) is 6.54 Å². The lowest BCUT2D eigenvalue weighted by Gasteiger charge is -1.98. The fourth-order valence-electron chi connectivity index (χ4n) is 0.750. The first-order valence-corrected chi connectivity index (χ1v) is 3.42. The molecular weight excluding hydrogens is 145 g/mol. The number of hydrogen-bond acceptors (Lipinski definition) is 3. The zero-order valence-corrected chi connectivity index (χ0v) is 6.34. The van der Waals surface area contributed by atoms with E-state index in [9.17, 15) is 4.39 Å². The number of hydrogen-bond donors (Lipinski definition) is 1. The highest BCUT2D eigenvalue weighted by Crippen LogP contribution is 2.00. The molecule has 1 aromatic heterocycles. The molecule has 3 nitrogen and oxygen atoms in total. The van der Waals surface area contributed by atoms with Crippen molar-refractivity contribution in [3.8, 4) is 0 Å². The Hall–Kier alpha value is -1.03. The van der Waals surface area contributed by atoms with Crippen LogP contribution in [-0.2, 0) is 6.42 Å². The van der Waals surface area contributed by atoms with Crippen molar-refractivity contribution in [2.24, 2.45) is 5.73 Å². The fraction of sp³-hybridized carbons (Fsp3) is 0.429. The van der Waals surface area contributed by atoms with Gasteiger partial charge in [-0.15, -0.1) is 0 Å². The van der Waals surface area contributed by atoms with E-state index in [1.54, 1.807) is 6.92 Å². The minimum atomic E-state index is -0.370. The molecule has 2 N–H and O–H groups in total. The summed E-state index contributed by atoms with van der Waals surface area (Å²) in [5.41, 5.74) is 5.65. The summed E-state index contributed by atoms with van der Waals surface area (Å²) in [7, 11) is 0.